The Bertz CT molecular complexity index is 306. The zero-order chi connectivity index (χ0) is 15.3. The third-order valence-corrected chi connectivity index (χ3v) is 5.84. The summed E-state index contributed by atoms with van der Waals surface area (Å²) >= 11 is 0. The SMILES string of the molecule is CNC(C)(CO)CCCCN1CCC2C(CCCN2C)C1. The molecule has 0 amide bonds. The summed E-state index contributed by atoms with van der Waals surface area (Å²) in [7, 11) is 4.25. The summed E-state index contributed by atoms with van der Waals surface area (Å²) in [5, 5.41) is 12.6. The molecule has 4 nitrogen and oxygen atoms in total. The van der Waals surface area contributed by atoms with Crippen LogP contribution in [0.5, 0.6) is 0 Å². The van der Waals surface area contributed by atoms with E-state index in [1.807, 2.05) is 7.05 Å². The lowest BCUT2D eigenvalue weighted by atomic mass is 9.84. The van der Waals surface area contributed by atoms with Crippen molar-refractivity contribution in [2.24, 2.45) is 5.92 Å². The van der Waals surface area contributed by atoms with Gasteiger partial charge in [-0.05, 0) is 78.7 Å². The van der Waals surface area contributed by atoms with Crippen molar-refractivity contribution in [3.05, 3.63) is 0 Å². The van der Waals surface area contributed by atoms with E-state index in [4.69, 9.17) is 0 Å². The number of unbranched alkanes of at least 4 members (excludes halogenated alkanes) is 1. The molecule has 2 rings (SSSR count). The molecule has 0 saturated carbocycles. The maximum atomic E-state index is 9.41. The third-order valence-electron chi connectivity index (χ3n) is 5.84. The molecule has 4 heteroatoms. The number of nitrogens with one attached hydrogen (secondary N) is 1. The van der Waals surface area contributed by atoms with Crippen LogP contribution < -0.4 is 5.32 Å². The molecule has 0 aliphatic carbocycles. The van der Waals surface area contributed by atoms with Gasteiger partial charge in [-0.2, -0.15) is 0 Å². The molecular weight excluding hydrogens is 262 g/mol. The number of hydrogen-bond acceptors (Lipinski definition) is 4. The van der Waals surface area contributed by atoms with Crippen molar-refractivity contribution in [3.8, 4) is 0 Å². The van der Waals surface area contributed by atoms with Crippen LogP contribution in [0.25, 0.3) is 0 Å². The quantitative estimate of drug-likeness (QED) is 0.699. The van der Waals surface area contributed by atoms with E-state index >= 15 is 0 Å². The summed E-state index contributed by atoms with van der Waals surface area (Å²) in [6.07, 6.45) is 7.66. The molecule has 2 N–H and O–H groups in total. The van der Waals surface area contributed by atoms with Crippen LogP contribution in [-0.4, -0.2) is 73.4 Å². The molecule has 0 spiro atoms. The molecule has 3 unspecified atom stereocenters. The van der Waals surface area contributed by atoms with Crippen LogP contribution in [0.2, 0.25) is 0 Å². The van der Waals surface area contributed by atoms with Gasteiger partial charge >= 0.3 is 0 Å². The molecule has 0 aromatic heterocycles. The van der Waals surface area contributed by atoms with Gasteiger partial charge in [-0.1, -0.05) is 6.42 Å². The average Bonchev–Trinajstić information content (AvgIpc) is 2.51. The van der Waals surface area contributed by atoms with Gasteiger partial charge < -0.3 is 20.2 Å². The summed E-state index contributed by atoms with van der Waals surface area (Å²) < 4.78 is 0. The van der Waals surface area contributed by atoms with E-state index in [9.17, 15) is 5.11 Å². The van der Waals surface area contributed by atoms with Gasteiger partial charge in [-0.3, -0.25) is 0 Å². The van der Waals surface area contributed by atoms with E-state index in [0.29, 0.717) is 0 Å². The van der Waals surface area contributed by atoms with Crippen LogP contribution in [0.1, 0.15) is 45.4 Å². The largest absolute Gasteiger partial charge is 0.394 e. The lowest BCUT2D eigenvalue weighted by molar-refractivity contribution is 0.0376. The minimum absolute atomic E-state index is 0.0981. The van der Waals surface area contributed by atoms with Crippen molar-refractivity contribution in [1.29, 1.82) is 0 Å². The second-order valence-electron chi connectivity index (χ2n) is 7.47. The molecule has 2 fully saturated rings. The van der Waals surface area contributed by atoms with Crippen molar-refractivity contribution in [2.45, 2.75) is 57.0 Å². The Morgan fingerprint density at radius 1 is 1.24 bits per heavy atom. The highest BCUT2D eigenvalue weighted by atomic mass is 16.3. The fourth-order valence-corrected chi connectivity index (χ4v) is 4.06. The van der Waals surface area contributed by atoms with E-state index in [1.54, 1.807) is 0 Å². The molecule has 0 bridgehead atoms. The third kappa shape index (κ3) is 4.65. The van der Waals surface area contributed by atoms with E-state index < -0.39 is 0 Å². The number of fused-ring (bicyclic) bond motifs is 1. The minimum atomic E-state index is -0.0981. The first-order chi connectivity index (χ1) is 10.1. The number of hydrogen-bond donors (Lipinski definition) is 2. The van der Waals surface area contributed by atoms with Gasteiger partial charge in [-0.15, -0.1) is 0 Å². The van der Waals surface area contributed by atoms with Crippen LogP contribution in [-0.2, 0) is 0 Å². The molecular formula is C17H35N3O. The smallest absolute Gasteiger partial charge is 0.0610 e. The van der Waals surface area contributed by atoms with Gasteiger partial charge in [-0.25, -0.2) is 0 Å². The number of aliphatic hydroxyl groups excluding tert-OH is 1. The zero-order valence-electron chi connectivity index (χ0n) is 14.3. The molecule has 21 heavy (non-hydrogen) atoms. The minimum Gasteiger partial charge on any atom is -0.394 e. The number of piperidine rings is 2. The van der Waals surface area contributed by atoms with Gasteiger partial charge in [0, 0.05) is 18.1 Å². The van der Waals surface area contributed by atoms with Gasteiger partial charge in [0.15, 0.2) is 0 Å². The first-order valence-corrected chi connectivity index (χ1v) is 8.80. The second-order valence-corrected chi connectivity index (χ2v) is 7.47. The molecule has 0 aromatic carbocycles. The van der Waals surface area contributed by atoms with Gasteiger partial charge in [0.25, 0.3) is 0 Å². The summed E-state index contributed by atoms with van der Waals surface area (Å²) in [5.41, 5.74) is -0.0981. The van der Waals surface area contributed by atoms with Crippen molar-refractivity contribution in [1.82, 2.24) is 15.1 Å². The summed E-state index contributed by atoms with van der Waals surface area (Å²) in [5.74, 6) is 0.900. The van der Waals surface area contributed by atoms with E-state index in [2.05, 4.69) is 29.1 Å². The van der Waals surface area contributed by atoms with E-state index in [1.165, 1.54) is 58.3 Å². The van der Waals surface area contributed by atoms with Crippen molar-refractivity contribution in [3.63, 3.8) is 0 Å². The molecule has 3 atom stereocenters. The number of nitrogens with zero attached hydrogens (tertiary/aromatic N) is 2. The highest BCUT2D eigenvalue weighted by molar-refractivity contribution is 4.89. The maximum absolute atomic E-state index is 9.41. The monoisotopic (exact) mass is 297 g/mol. The van der Waals surface area contributed by atoms with Crippen LogP contribution in [0.4, 0.5) is 0 Å². The number of likely N-dealkylation sites (N-methyl/N-ethyl adjacent to an activating group) is 1. The fourth-order valence-electron chi connectivity index (χ4n) is 4.06. The predicted octanol–water partition coefficient (Wildman–Crippen LogP) is 1.54. The molecule has 2 aliphatic rings. The Morgan fingerprint density at radius 3 is 2.76 bits per heavy atom. The molecule has 2 heterocycles. The van der Waals surface area contributed by atoms with Crippen molar-refractivity contribution < 1.29 is 5.11 Å². The Kier molecular flexibility index (Phi) is 6.48. The van der Waals surface area contributed by atoms with Gasteiger partial charge in [0.05, 0.1) is 6.61 Å². The molecule has 0 radical (unpaired) electrons. The van der Waals surface area contributed by atoms with Crippen molar-refractivity contribution in [2.75, 3.05) is 46.9 Å². The van der Waals surface area contributed by atoms with Crippen LogP contribution >= 0.6 is 0 Å². The Hall–Kier alpha value is -0.160. The summed E-state index contributed by atoms with van der Waals surface area (Å²) in [6, 6.07) is 0.844. The summed E-state index contributed by atoms with van der Waals surface area (Å²) in [6.45, 7) is 7.44. The Labute approximate surface area is 130 Å². The van der Waals surface area contributed by atoms with Gasteiger partial charge in [0.2, 0.25) is 0 Å². The highest BCUT2D eigenvalue weighted by Crippen LogP contribution is 2.29. The fraction of sp³-hybridized carbons (Fsp3) is 1.00. The number of rotatable bonds is 7. The maximum Gasteiger partial charge on any atom is 0.0610 e. The average molecular weight is 297 g/mol. The normalized spacial score (nSPS) is 30.9. The van der Waals surface area contributed by atoms with E-state index in [-0.39, 0.29) is 12.1 Å². The van der Waals surface area contributed by atoms with Crippen molar-refractivity contribution >= 4 is 0 Å². The molecule has 2 saturated heterocycles. The number of likely N-dealkylation sites (tertiary alicyclic amines) is 2. The Morgan fingerprint density at radius 2 is 2.05 bits per heavy atom. The lowest BCUT2D eigenvalue weighted by Gasteiger charge is -2.46. The number of aliphatic hydroxyl groups is 1. The van der Waals surface area contributed by atoms with E-state index in [0.717, 1.165) is 18.4 Å². The first kappa shape index (κ1) is 17.2. The van der Waals surface area contributed by atoms with Gasteiger partial charge in [0.1, 0.15) is 0 Å². The zero-order valence-corrected chi connectivity index (χ0v) is 14.3. The molecule has 2 aliphatic heterocycles. The van der Waals surface area contributed by atoms with Crippen LogP contribution in [0.3, 0.4) is 0 Å². The first-order valence-electron chi connectivity index (χ1n) is 8.80. The Balaban J connectivity index is 1.66. The topological polar surface area (TPSA) is 38.7 Å². The predicted molar refractivity (Wildman–Crippen MR) is 88.6 cm³/mol. The molecule has 124 valence electrons. The van der Waals surface area contributed by atoms with Crippen LogP contribution in [0.15, 0.2) is 0 Å². The van der Waals surface area contributed by atoms with Crippen LogP contribution in [0, 0.1) is 5.92 Å². The molecule has 0 aromatic rings. The standard InChI is InChI=1S/C17H35N3O/c1-17(14-21,18-2)9-4-5-11-20-12-8-16-15(13-20)7-6-10-19(16)3/h15-16,18,21H,4-14H2,1-3H3. The summed E-state index contributed by atoms with van der Waals surface area (Å²) in [4.78, 5) is 5.26. The lowest BCUT2D eigenvalue weighted by Crippen LogP contribution is -2.52. The second kappa shape index (κ2) is 7.91. The highest BCUT2D eigenvalue weighted by Gasteiger charge is 2.33.